The van der Waals surface area contributed by atoms with E-state index in [1.165, 1.54) is 51.4 Å². The van der Waals surface area contributed by atoms with Gasteiger partial charge in [0.2, 0.25) is 0 Å². The molecule has 0 saturated heterocycles. The first kappa shape index (κ1) is 44.8. The standard InChI is InChI=1S/C32H55O16P/c1-2-3-4-5-6-7-8-9-10-11-12-13-14-15-25(36)45-20-23(47-26(37)19-17-22(33)16-18-24(34)35)21-46-49(43,44)48-32-30(41)28(39)27(38)29(40)31(32)42/h16,18,23,27-32,38-42H,2-15,17,19-21H2,1H3,(H,34,35)(H,43,44)/b18-16+/t23-,27?,28-,29?,30?,31?,32?/m1/s1. The van der Waals surface area contributed by atoms with Crippen LogP contribution >= 0.6 is 7.82 Å². The van der Waals surface area contributed by atoms with Crippen molar-refractivity contribution in [2.45, 2.75) is 152 Å². The van der Waals surface area contributed by atoms with Crippen molar-refractivity contribution < 1.29 is 77.8 Å². The van der Waals surface area contributed by atoms with Gasteiger partial charge in [0.05, 0.1) is 13.0 Å². The summed E-state index contributed by atoms with van der Waals surface area (Å²) in [6, 6.07) is 0. The molecule has 8 atom stereocenters. The van der Waals surface area contributed by atoms with E-state index in [-0.39, 0.29) is 6.42 Å². The molecule has 7 N–H and O–H groups in total. The number of aliphatic hydroxyl groups is 5. The van der Waals surface area contributed by atoms with E-state index in [9.17, 15) is 54.2 Å². The Balaban J connectivity index is 2.58. The number of hydrogen-bond acceptors (Lipinski definition) is 14. The number of phosphoric acid groups is 1. The third-order valence-corrected chi connectivity index (χ3v) is 8.94. The Labute approximate surface area is 287 Å². The van der Waals surface area contributed by atoms with Gasteiger partial charge in [0, 0.05) is 18.9 Å². The molecule has 0 aromatic heterocycles. The highest BCUT2D eigenvalue weighted by atomic mass is 31.2. The normalized spacial score (nSPS) is 24.3. The van der Waals surface area contributed by atoms with Gasteiger partial charge in [-0.15, -0.1) is 0 Å². The molecule has 1 aliphatic carbocycles. The lowest BCUT2D eigenvalue weighted by Crippen LogP contribution is -2.64. The summed E-state index contributed by atoms with van der Waals surface area (Å²) in [5.74, 6) is -3.69. The van der Waals surface area contributed by atoms with Gasteiger partial charge in [-0.1, -0.05) is 84.0 Å². The summed E-state index contributed by atoms with van der Waals surface area (Å²) in [7, 11) is -5.22. The van der Waals surface area contributed by atoms with Crippen molar-refractivity contribution in [2.24, 2.45) is 0 Å². The van der Waals surface area contributed by atoms with Crippen LogP contribution in [-0.4, -0.2) is 115 Å². The first-order valence-corrected chi connectivity index (χ1v) is 18.5. The Kier molecular flexibility index (Phi) is 22.7. The molecule has 6 unspecified atom stereocenters. The summed E-state index contributed by atoms with van der Waals surface area (Å²) in [5.41, 5.74) is 0. The van der Waals surface area contributed by atoms with E-state index in [0.29, 0.717) is 12.5 Å². The molecule has 0 heterocycles. The quantitative estimate of drug-likeness (QED) is 0.0277. The number of rotatable bonds is 27. The second-order valence-electron chi connectivity index (χ2n) is 12.2. The zero-order chi connectivity index (χ0) is 36.8. The van der Waals surface area contributed by atoms with Crippen LogP contribution in [0.1, 0.15) is 110 Å². The Morgan fingerprint density at radius 1 is 0.653 bits per heavy atom. The fourth-order valence-corrected chi connectivity index (χ4v) is 6.03. The van der Waals surface area contributed by atoms with Gasteiger partial charge < -0.3 is 45.0 Å². The van der Waals surface area contributed by atoms with Gasteiger partial charge in [0.15, 0.2) is 11.9 Å². The van der Waals surface area contributed by atoms with Crippen LogP contribution in [0.15, 0.2) is 12.2 Å². The number of aliphatic carboxylic acids is 1. The SMILES string of the molecule is CCCCCCCCCCCCCCCC(=O)OC[C@H](COP(=O)(O)OC1C(O)C(O)C(O)[C@@H](O)C1O)OC(=O)CCC(=O)/C=C/C(=O)O. The zero-order valence-electron chi connectivity index (χ0n) is 28.2. The van der Waals surface area contributed by atoms with Crippen LogP contribution in [0.4, 0.5) is 0 Å². The number of allylic oxidation sites excluding steroid dienone is 1. The van der Waals surface area contributed by atoms with E-state index in [2.05, 4.69) is 6.92 Å². The molecule has 0 amide bonds. The van der Waals surface area contributed by atoms with Gasteiger partial charge in [-0.3, -0.25) is 23.4 Å². The zero-order valence-corrected chi connectivity index (χ0v) is 29.1. The van der Waals surface area contributed by atoms with Gasteiger partial charge in [0.25, 0.3) is 0 Å². The molecule has 0 bridgehead atoms. The Hall–Kier alpha value is -2.27. The maximum absolute atomic E-state index is 12.6. The fourth-order valence-electron chi connectivity index (χ4n) is 5.06. The number of phosphoric ester groups is 1. The molecule has 16 nitrogen and oxygen atoms in total. The molecule has 0 aromatic rings. The van der Waals surface area contributed by atoms with Crippen LogP contribution in [0.5, 0.6) is 0 Å². The van der Waals surface area contributed by atoms with Crippen LogP contribution in [0.25, 0.3) is 0 Å². The molecular formula is C32H55O16P. The van der Waals surface area contributed by atoms with Gasteiger partial charge in [-0.05, 0) is 12.5 Å². The Morgan fingerprint density at radius 3 is 1.65 bits per heavy atom. The molecule has 1 rings (SSSR count). The van der Waals surface area contributed by atoms with Crippen LogP contribution in [0.2, 0.25) is 0 Å². The topological polar surface area (TPSA) is 264 Å². The monoisotopic (exact) mass is 726 g/mol. The maximum atomic E-state index is 12.6. The van der Waals surface area contributed by atoms with E-state index >= 15 is 0 Å². The van der Waals surface area contributed by atoms with Crippen LogP contribution in [0.3, 0.4) is 0 Å². The second-order valence-corrected chi connectivity index (χ2v) is 13.6. The number of unbranched alkanes of at least 4 members (excludes halogenated alkanes) is 12. The average Bonchev–Trinajstić information content (AvgIpc) is 3.06. The predicted molar refractivity (Wildman–Crippen MR) is 173 cm³/mol. The molecule has 49 heavy (non-hydrogen) atoms. The Bertz CT molecular complexity index is 1050. The molecule has 0 aromatic carbocycles. The number of carboxylic acids is 1. The van der Waals surface area contributed by atoms with E-state index in [1.54, 1.807) is 0 Å². The lowest BCUT2D eigenvalue weighted by molar-refractivity contribution is -0.220. The second kappa shape index (κ2) is 24.8. The molecule has 1 aliphatic rings. The lowest BCUT2D eigenvalue weighted by atomic mass is 9.85. The van der Waals surface area contributed by atoms with Crippen molar-refractivity contribution in [1.29, 1.82) is 0 Å². The number of hydrogen-bond donors (Lipinski definition) is 7. The first-order chi connectivity index (χ1) is 23.2. The first-order valence-electron chi connectivity index (χ1n) is 17.0. The minimum Gasteiger partial charge on any atom is -0.478 e. The number of carbonyl (C=O) groups excluding carboxylic acids is 3. The molecular weight excluding hydrogens is 671 g/mol. The molecule has 1 saturated carbocycles. The fraction of sp³-hybridized carbons (Fsp3) is 0.812. The smallest absolute Gasteiger partial charge is 0.472 e. The molecule has 0 aliphatic heterocycles. The maximum Gasteiger partial charge on any atom is 0.472 e. The Morgan fingerprint density at radius 2 is 1.14 bits per heavy atom. The van der Waals surface area contributed by atoms with Crippen molar-refractivity contribution in [3.05, 3.63) is 12.2 Å². The van der Waals surface area contributed by atoms with Crippen molar-refractivity contribution >= 4 is 31.5 Å². The summed E-state index contributed by atoms with van der Waals surface area (Å²) in [6.07, 6.45) is 1.25. The van der Waals surface area contributed by atoms with Gasteiger partial charge >= 0.3 is 25.7 Å². The summed E-state index contributed by atoms with van der Waals surface area (Å²) in [6.45, 7) is 0.673. The van der Waals surface area contributed by atoms with E-state index in [4.69, 9.17) is 23.6 Å². The summed E-state index contributed by atoms with van der Waals surface area (Å²) < 4.78 is 32.5. The van der Waals surface area contributed by atoms with Crippen LogP contribution in [-0.2, 0) is 42.3 Å². The highest BCUT2D eigenvalue weighted by Gasteiger charge is 2.51. The van der Waals surface area contributed by atoms with Crippen molar-refractivity contribution in [3.8, 4) is 0 Å². The predicted octanol–water partition coefficient (Wildman–Crippen LogP) is 2.23. The number of carboxylic acid groups (broad SMARTS) is 1. The van der Waals surface area contributed by atoms with Crippen molar-refractivity contribution in [1.82, 2.24) is 0 Å². The molecule has 0 radical (unpaired) electrons. The van der Waals surface area contributed by atoms with Crippen LogP contribution < -0.4 is 0 Å². The van der Waals surface area contributed by atoms with E-state index in [1.807, 2.05) is 0 Å². The van der Waals surface area contributed by atoms with Gasteiger partial charge in [-0.25, -0.2) is 9.36 Å². The third kappa shape index (κ3) is 19.6. The third-order valence-electron chi connectivity index (χ3n) is 7.95. The summed E-state index contributed by atoms with van der Waals surface area (Å²) in [5, 5.41) is 58.1. The lowest BCUT2D eigenvalue weighted by Gasteiger charge is -2.41. The molecule has 17 heteroatoms. The molecule has 1 fully saturated rings. The van der Waals surface area contributed by atoms with E-state index < -0.39 is 100 Å². The largest absolute Gasteiger partial charge is 0.478 e. The highest BCUT2D eigenvalue weighted by molar-refractivity contribution is 7.47. The highest BCUT2D eigenvalue weighted by Crippen LogP contribution is 2.47. The number of ether oxygens (including phenoxy) is 2. The molecule has 0 spiro atoms. The number of esters is 2. The minimum absolute atomic E-state index is 0.0687. The minimum atomic E-state index is -5.22. The number of carbonyl (C=O) groups is 4. The van der Waals surface area contributed by atoms with Gasteiger partial charge in [-0.2, -0.15) is 0 Å². The van der Waals surface area contributed by atoms with Gasteiger partial charge in [0.1, 0.15) is 43.2 Å². The number of aliphatic hydroxyl groups excluding tert-OH is 5. The van der Waals surface area contributed by atoms with Crippen molar-refractivity contribution in [3.63, 3.8) is 0 Å². The summed E-state index contributed by atoms with van der Waals surface area (Å²) in [4.78, 5) is 57.2. The summed E-state index contributed by atoms with van der Waals surface area (Å²) >= 11 is 0. The molecule has 284 valence electrons. The van der Waals surface area contributed by atoms with Crippen molar-refractivity contribution in [2.75, 3.05) is 13.2 Å². The van der Waals surface area contributed by atoms with Crippen LogP contribution in [0, 0.1) is 0 Å². The van der Waals surface area contributed by atoms with E-state index in [0.717, 1.165) is 31.8 Å². The average molecular weight is 727 g/mol. The number of ketones is 1.